The minimum absolute atomic E-state index is 0.00563. The number of oxazole rings is 1. The van der Waals surface area contributed by atoms with Gasteiger partial charge in [-0.3, -0.25) is 4.79 Å². The normalized spacial score (nSPS) is 14.3. The molecule has 3 aromatic rings. The molecule has 1 heterocycles. The van der Waals surface area contributed by atoms with E-state index in [9.17, 15) is 19.8 Å². The van der Waals surface area contributed by atoms with Gasteiger partial charge >= 0.3 is 6.09 Å². The fourth-order valence-electron chi connectivity index (χ4n) is 4.21. The second-order valence-corrected chi connectivity index (χ2v) is 10.3. The fraction of sp³-hybridized carbons (Fsp3) is 0.433. The number of carbonyl (C=O) groups excluding carboxylic acids is 2. The Bertz CT molecular complexity index is 1150. The molecule has 0 saturated carbocycles. The molecule has 0 spiro atoms. The number of rotatable bonds is 14. The quantitative estimate of drug-likeness (QED) is 0.239. The predicted octanol–water partition coefficient (Wildman–Crippen LogP) is 4.41. The SMILES string of the molecule is CC(C)[C@@H](C[C@@H](O)c1nc(C(=O)N[C@@H](Cc2ccccc2)C[C@H](C)CO)co1)NC(=O)OCc1ccccc1. The average Bonchev–Trinajstić information content (AvgIpc) is 3.43. The summed E-state index contributed by atoms with van der Waals surface area (Å²) in [6.07, 6.45) is 0.819. The predicted molar refractivity (Wildman–Crippen MR) is 147 cm³/mol. The highest BCUT2D eigenvalue weighted by Gasteiger charge is 2.26. The van der Waals surface area contributed by atoms with E-state index in [4.69, 9.17) is 9.15 Å². The summed E-state index contributed by atoms with van der Waals surface area (Å²) in [4.78, 5) is 29.5. The lowest BCUT2D eigenvalue weighted by atomic mass is 9.96. The molecule has 3 rings (SSSR count). The number of nitrogens with one attached hydrogen (secondary N) is 2. The first-order valence-corrected chi connectivity index (χ1v) is 13.3. The van der Waals surface area contributed by atoms with Crippen LogP contribution in [-0.4, -0.2) is 45.9 Å². The summed E-state index contributed by atoms with van der Waals surface area (Å²) < 4.78 is 10.7. The van der Waals surface area contributed by atoms with Crippen molar-refractivity contribution in [3.63, 3.8) is 0 Å². The highest BCUT2D eigenvalue weighted by Crippen LogP contribution is 2.22. The first-order chi connectivity index (χ1) is 18.7. The van der Waals surface area contributed by atoms with Crippen molar-refractivity contribution in [3.05, 3.63) is 89.6 Å². The van der Waals surface area contributed by atoms with Crippen LogP contribution in [0.15, 0.2) is 71.3 Å². The second-order valence-electron chi connectivity index (χ2n) is 10.3. The molecule has 0 fully saturated rings. The van der Waals surface area contributed by atoms with E-state index in [1.54, 1.807) is 0 Å². The first kappa shape index (κ1) is 29.9. The van der Waals surface area contributed by atoms with Gasteiger partial charge in [0.15, 0.2) is 5.69 Å². The summed E-state index contributed by atoms with van der Waals surface area (Å²) in [7, 11) is 0. The number of nitrogens with zero attached hydrogens (tertiary/aromatic N) is 1. The number of hydrogen-bond donors (Lipinski definition) is 4. The van der Waals surface area contributed by atoms with Crippen LogP contribution in [0.1, 0.15) is 67.2 Å². The second kappa shape index (κ2) is 15.0. The van der Waals surface area contributed by atoms with Gasteiger partial charge in [0.1, 0.15) is 19.0 Å². The van der Waals surface area contributed by atoms with Gasteiger partial charge in [-0.15, -0.1) is 0 Å². The third-order valence-electron chi connectivity index (χ3n) is 6.50. The summed E-state index contributed by atoms with van der Waals surface area (Å²) in [6, 6.07) is 18.5. The Balaban J connectivity index is 1.57. The van der Waals surface area contributed by atoms with Crippen LogP contribution in [0.3, 0.4) is 0 Å². The van der Waals surface area contributed by atoms with E-state index in [0.29, 0.717) is 12.8 Å². The van der Waals surface area contributed by atoms with E-state index < -0.39 is 24.1 Å². The monoisotopic (exact) mass is 537 g/mol. The van der Waals surface area contributed by atoms with E-state index in [0.717, 1.165) is 11.1 Å². The molecule has 210 valence electrons. The van der Waals surface area contributed by atoms with Crippen LogP contribution >= 0.6 is 0 Å². The maximum absolute atomic E-state index is 13.0. The van der Waals surface area contributed by atoms with E-state index in [1.165, 1.54) is 6.26 Å². The number of carbonyl (C=O) groups is 2. The van der Waals surface area contributed by atoms with Crippen molar-refractivity contribution in [1.82, 2.24) is 15.6 Å². The Kier molecular flexibility index (Phi) is 11.5. The van der Waals surface area contributed by atoms with Crippen molar-refractivity contribution in [2.24, 2.45) is 11.8 Å². The molecule has 1 aromatic heterocycles. The number of alkyl carbamates (subject to hydrolysis) is 1. The lowest BCUT2D eigenvalue weighted by Gasteiger charge is -2.23. The minimum Gasteiger partial charge on any atom is -0.445 e. The van der Waals surface area contributed by atoms with Crippen molar-refractivity contribution in [3.8, 4) is 0 Å². The molecule has 0 bridgehead atoms. The van der Waals surface area contributed by atoms with Gasteiger partial charge in [-0.2, -0.15) is 0 Å². The molecule has 9 nitrogen and oxygen atoms in total. The molecular weight excluding hydrogens is 498 g/mol. The zero-order valence-corrected chi connectivity index (χ0v) is 22.7. The Morgan fingerprint density at radius 1 is 0.949 bits per heavy atom. The number of ether oxygens (including phenoxy) is 1. The number of amides is 2. The van der Waals surface area contributed by atoms with Crippen LogP contribution in [0.5, 0.6) is 0 Å². The maximum atomic E-state index is 13.0. The first-order valence-electron chi connectivity index (χ1n) is 13.3. The Labute approximate surface area is 229 Å². The third kappa shape index (κ3) is 9.85. The van der Waals surface area contributed by atoms with Crippen molar-refractivity contribution in [2.45, 2.75) is 64.8 Å². The molecular formula is C30H39N3O6. The largest absolute Gasteiger partial charge is 0.445 e. The number of aliphatic hydroxyl groups excluding tert-OH is 2. The van der Waals surface area contributed by atoms with Gasteiger partial charge in [-0.1, -0.05) is 81.4 Å². The molecule has 0 aliphatic heterocycles. The van der Waals surface area contributed by atoms with Gasteiger partial charge in [0, 0.05) is 25.1 Å². The molecule has 4 N–H and O–H groups in total. The molecule has 39 heavy (non-hydrogen) atoms. The van der Waals surface area contributed by atoms with Gasteiger partial charge in [0.2, 0.25) is 5.89 Å². The zero-order valence-electron chi connectivity index (χ0n) is 22.7. The number of aliphatic hydroxyl groups is 2. The molecule has 0 unspecified atom stereocenters. The summed E-state index contributed by atoms with van der Waals surface area (Å²) in [5.41, 5.74) is 1.99. The summed E-state index contributed by atoms with van der Waals surface area (Å²) in [5.74, 6) is -0.428. The lowest BCUT2D eigenvalue weighted by molar-refractivity contribution is 0.0921. The van der Waals surface area contributed by atoms with Gasteiger partial charge in [-0.05, 0) is 35.8 Å². The van der Waals surface area contributed by atoms with Crippen molar-refractivity contribution in [2.75, 3.05) is 6.61 Å². The molecule has 4 atom stereocenters. The van der Waals surface area contributed by atoms with E-state index in [-0.39, 0.29) is 49.1 Å². The fourth-order valence-corrected chi connectivity index (χ4v) is 4.21. The molecule has 2 aromatic carbocycles. The molecule has 0 aliphatic carbocycles. The van der Waals surface area contributed by atoms with E-state index in [1.807, 2.05) is 81.4 Å². The molecule has 0 radical (unpaired) electrons. The van der Waals surface area contributed by atoms with Crippen molar-refractivity contribution >= 4 is 12.0 Å². The van der Waals surface area contributed by atoms with Gasteiger partial charge in [-0.25, -0.2) is 9.78 Å². The van der Waals surface area contributed by atoms with Crippen LogP contribution < -0.4 is 10.6 Å². The van der Waals surface area contributed by atoms with Gasteiger partial charge < -0.3 is 30.0 Å². The van der Waals surface area contributed by atoms with Gasteiger partial charge in [0.25, 0.3) is 5.91 Å². The van der Waals surface area contributed by atoms with Crippen LogP contribution in [0.4, 0.5) is 4.79 Å². The maximum Gasteiger partial charge on any atom is 0.407 e. The van der Waals surface area contributed by atoms with Crippen molar-refractivity contribution in [1.29, 1.82) is 0 Å². The minimum atomic E-state index is -1.14. The van der Waals surface area contributed by atoms with Crippen LogP contribution in [-0.2, 0) is 17.8 Å². The molecule has 0 saturated heterocycles. The summed E-state index contributed by atoms with van der Waals surface area (Å²) >= 11 is 0. The molecule has 2 amide bonds. The van der Waals surface area contributed by atoms with Crippen molar-refractivity contribution < 1.29 is 29.0 Å². The van der Waals surface area contributed by atoms with Crippen LogP contribution in [0.2, 0.25) is 0 Å². The van der Waals surface area contributed by atoms with E-state index in [2.05, 4.69) is 15.6 Å². The average molecular weight is 538 g/mol. The number of aromatic nitrogens is 1. The highest BCUT2D eigenvalue weighted by atomic mass is 16.5. The molecule has 0 aliphatic rings. The Morgan fingerprint density at radius 3 is 2.21 bits per heavy atom. The standard InChI is InChI=1S/C30H39N3O6/c1-20(2)25(33-30(37)39-18-23-12-8-5-9-13-23)16-27(35)29-32-26(19-38-29)28(36)31-24(14-21(3)17-34)15-22-10-6-4-7-11-22/h4-13,19-21,24-25,27,34-35H,14-18H2,1-3H3,(H,31,36)(H,33,37)/t21-,24+,25+,27+/m0/s1. The van der Waals surface area contributed by atoms with Gasteiger partial charge in [0.05, 0.1) is 0 Å². The van der Waals surface area contributed by atoms with Crippen LogP contribution in [0.25, 0.3) is 0 Å². The zero-order chi connectivity index (χ0) is 28.2. The Hall–Kier alpha value is -3.69. The molecule has 9 heteroatoms. The Morgan fingerprint density at radius 2 is 1.59 bits per heavy atom. The van der Waals surface area contributed by atoms with Crippen LogP contribution in [0, 0.1) is 11.8 Å². The topological polar surface area (TPSA) is 134 Å². The summed E-state index contributed by atoms with van der Waals surface area (Å²) in [6.45, 7) is 5.92. The lowest BCUT2D eigenvalue weighted by Crippen LogP contribution is -2.40. The van der Waals surface area contributed by atoms with E-state index >= 15 is 0 Å². The number of hydrogen-bond acceptors (Lipinski definition) is 7. The third-order valence-corrected chi connectivity index (χ3v) is 6.50. The number of benzene rings is 2. The highest BCUT2D eigenvalue weighted by molar-refractivity contribution is 5.92. The smallest absolute Gasteiger partial charge is 0.407 e. The summed E-state index contributed by atoms with van der Waals surface area (Å²) in [5, 5.41) is 26.1.